The van der Waals surface area contributed by atoms with Crippen LogP contribution in [0.4, 0.5) is 0 Å². The maximum Gasteiger partial charge on any atom is 0.338 e. The third kappa shape index (κ3) is 3.94. The van der Waals surface area contributed by atoms with Crippen LogP contribution in [-0.4, -0.2) is 61.3 Å². The molecule has 0 aliphatic carbocycles. The van der Waals surface area contributed by atoms with E-state index < -0.39 is 11.9 Å². The number of carbonyl (C=O) groups is 3. The summed E-state index contributed by atoms with van der Waals surface area (Å²) >= 11 is 0. The van der Waals surface area contributed by atoms with Crippen LogP contribution in [0.3, 0.4) is 0 Å². The van der Waals surface area contributed by atoms with Gasteiger partial charge in [0.1, 0.15) is 6.61 Å². The van der Waals surface area contributed by atoms with Gasteiger partial charge in [-0.2, -0.15) is 0 Å². The fraction of sp³-hybridized carbons (Fsp3) is 0.526. The van der Waals surface area contributed by atoms with E-state index in [4.69, 9.17) is 14.2 Å². The van der Waals surface area contributed by atoms with E-state index in [9.17, 15) is 14.4 Å². The van der Waals surface area contributed by atoms with Crippen molar-refractivity contribution in [1.29, 1.82) is 0 Å². The maximum atomic E-state index is 12.6. The monoisotopic (exact) mass is 361 g/mol. The van der Waals surface area contributed by atoms with Crippen molar-refractivity contribution < 1.29 is 28.6 Å². The zero-order chi connectivity index (χ0) is 18.7. The average molecular weight is 361 g/mol. The van der Waals surface area contributed by atoms with Crippen LogP contribution < -0.4 is 0 Å². The number of benzene rings is 1. The first kappa shape index (κ1) is 18.5. The molecule has 26 heavy (non-hydrogen) atoms. The highest BCUT2D eigenvalue weighted by atomic mass is 16.6. The Kier molecular flexibility index (Phi) is 5.68. The number of rotatable bonds is 7. The van der Waals surface area contributed by atoms with Crippen LogP contribution in [-0.2, 0) is 14.2 Å². The highest BCUT2D eigenvalue weighted by Gasteiger charge is 2.38. The lowest BCUT2D eigenvalue weighted by Gasteiger charge is -2.17. The van der Waals surface area contributed by atoms with Gasteiger partial charge in [-0.15, -0.1) is 0 Å². The van der Waals surface area contributed by atoms with Gasteiger partial charge in [0.05, 0.1) is 42.0 Å². The third-order valence-corrected chi connectivity index (χ3v) is 4.38. The Morgan fingerprint density at radius 1 is 1.23 bits per heavy atom. The van der Waals surface area contributed by atoms with E-state index in [1.54, 1.807) is 0 Å². The van der Waals surface area contributed by atoms with Crippen LogP contribution in [0.1, 0.15) is 57.8 Å². The van der Waals surface area contributed by atoms with Crippen molar-refractivity contribution in [2.24, 2.45) is 0 Å². The van der Waals surface area contributed by atoms with Gasteiger partial charge >= 0.3 is 5.97 Å². The lowest BCUT2D eigenvalue weighted by molar-refractivity contribution is 0.0177. The van der Waals surface area contributed by atoms with E-state index >= 15 is 0 Å². The minimum Gasteiger partial charge on any atom is -0.460 e. The quantitative estimate of drug-likeness (QED) is 0.420. The summed E-state index contributed by atoms with van der Waals surface area (Å²) in [5.74, 6) is -1.28. The second-order valence-electron chi connectivity index (χ2n) is 6.67. The number of nitrogens with zero attached hydrogens (tertiary/aromatic N) is 1. The smallest absolute Gasteiger partial charge is 0.338 e. The first-order valence-electron chi connectivity index (χ1n) is 8.88. The van der Waals surface area contributed by atoms with Gasteiger partial charge in [0.25, 0.3) is 11.8 Å². The van der Waals surface area contributed by atoms with Gasteiger partial charge in [-0.1, -0.05) is 0 Å². The molecule has 2 amide bonds. The van der Waals surface area contributed by atoms with Gasteiger partial charge in [0.2, 0.25) is 0 Å². The molecule has 0 N–H and O–H groups in total. The normalized spacial score (nSPS) is 19.3. The minimum atomic E-state index is -0.544. The summed E-state index contributed by atoms with van der Waals surface area (Å²) in [4.78, 5) is 38.4. The number of imide groups is 1. The Hall–Kier alpha value is -2.25. The topological polar surface area (TPSA) is 82.1 Å². The second-order valence-corrected chi connectivity index (χ2v) is 6.67. The minimum absolute atomic E-state index is 0.0622. The number of esters is 1. The van der Waals surface area contributed by atoms with E-state index in [1.807, 2.05) is 13.8 Å². The molecule has 7 nitrogen and oxygen atoms in total. The molecule has 0 radical (unpaired) electrons. The predicted octanol–water partition coefficient (Wildman–Crippen LogP) is 2.04. The molecule has 1 atom stereocenters. The van der Waals surface area contributed by atoms with Crippen molar-refractivity contribution in [3.63, 3.8) is 0 Å². The molecule has 1 unspecified atom stereocenters. The van der Waals surface area contributed by atoms with E-state index in [0.717, 1.165) is 12.8 Å². The van der Waals surface area contributed by atoms with Crippen molar-refractivity contribution in [2.75, 3.05) is 26.4 Å². The molecule has 1 aromatic rings. The average Bonchev–Trinajstić information content (AvgIpc) is 3.21. The SMILES string of the molecule is CC(C)OCCOC(=O)c1ccc2c(c1)C(=O)N(CC1CCCO1)C2=O. The van der Waals surface area contributed by atoms with Gasteiger partial charge in [-0.25, -0.2) is 4.79 Å². The van der Waals surface area contributed by atoms with Crippen LogP contribution in [0.2, 0.25) is 0 Å². The Morgan fingerprint density at radius 3 is 2.69 bits per heavy atom. The van der Waals surface area contributed by atoms with Crippen molar-refractivity contribution in [3.05, 3.63) is 34.9 Å². The number of hydrogen-bond donors (Lipinski definition) is 0. The van der Waals surface area contributed by atoms with Gasteiger partial charge in [-0.05, 0) is 44.9 Å². The molecule has 0 spiro atoms. The van der Waals surface area contributed by atoms with Crippen LogP contribution >= 0.6 is 0 Å². The molecule has 0 aromatic heterocycles. The largest absolute Gasteiger partial charge is 0.460 e. The molecule has 1 aromatic carbocycles. The first-order chi connectivity index (χ1) is 12.5. The van der Waals surface area contributed by atoms with Crippen molar-refractivity contribution >= 4 is 17.8 Å². The van der Waals surface area contributed by atoms with Crippen molar-refractivity contribution in [3.8, 4) is 0 Å². The Labute approximate surface area is 152 Å². The highest BCUT2D eigenvalue weighted by molar-refractivity contribution is 6.22. The summed E-state index contributed by atoms with van der Waals surface area (Å²) in [6.45, 7) is 5.14. The maximum absolute atomic E-state index is 12.6. The van der Waals surface area contributed by atoms with Crippen LogP contribution in [0.25, 0.3) is 0 Å². The zero-order valence-corrected chi connectivity index (χ0v) is 15.0. The molecule has 2 heterocycles. The molecule has 7 heteroatoms. The molecule has 1 saturated heterocycles. The summed E-state index contributed by atoms with van der Waals surface area (Å²) in [6, 6.07) is 4.44. The molecular weight excluding hydrogens is 338 g/mol. The summed E-state index contributed by atoms with van der Waals surface area (Å²) in [6.07, 6.45) is 1.73. The Bertz CT molecular complexity index is 708. The lowest BCUT2D eigenvalue weighted by atomic mass is 10.1. The first-order valence-corrected chi connectivity index (χ1v) is 8.88. The molecule has 2 aliphatic rings. The Balaban J connectivity index is 1.65. The molecule has 0 bridgehead atoms. The van der Waals surface area contributed by atoms with Crippen LogP contribution in [0, 0.1) is 0 Å². The number of hydrogen-bond acceptors (Lipinski definition) is 6. The zero-order valence-electron chi connectivity index (χ0n) is 15.0. The Morgan fingerprint density at radius 2 is 2.00 bits per heavy atom. The second kappa shape index (κ2) is 7.97. The number of carbonyl (C=O) groups excluding carboxylic acids is 3. The molecule has 1 fully saturated rings. The van der Waals surface area contributed by atoms with Gasteiger partial charge < -0.3 is 14.2 Å². The fourth-order valence-corrected chi connectivity index (χ4v) is 3.08. The van der Waals surface area contributed by atoms with Crippen molar-refractivity contribution in [2.45, 2.75) is 38.9 Å². The summed E-state index contributed by atoms with van der Waals surface area (Å²) in [5, 5.41) is 0. The molecule has 2 aliphatic heterocycles. The molecule has 0 saturated carbocycles. The van der Waals surface area contributed by atoms with E-state index in [0.29, 0.717) is 18.8 Å². The number of ether oxygens (including phenoxy) is 3. The van der Waals surface area contributed by atoms with Gasteiger partial charge in [0.15, 0.2) is 0 Å². The summed E-state index contributed by atoms with van der Waals surface area (Å²) < 4.78 is 16.0. The van der Waals surface area contributed by atoms with Gasteiger partial charge in [0, 0.05) is 6.61 Å². The number of fused-ring (bicyclic) bond motifs is 1. The molecule has 140 valence electrons. The standard InChI is InChI=1S/C19H23NO6/c1-12(2)24-8-9-26-19(23)13-5-6-15-16(10-13)18(22)20(17(15)21)11-14-4-3-7-25-14/h5-6,10,12,14H,3-4,7-9,11H2,1-2H3. The molecular formula is C19H23NO6. The highest BCUT2D eigenvalue weighted by Crippen LogP contribution is 2.26. The molecule has 3 rings (SSSR count). The summed E-state index contributed by atoms with van der Waals surface area (Å²) in [7, 11) is 0. The predicted molar refractivity (Wildman–Crippen MR) is 92.2 cm³/mol. The van der Waals surface area contributed by atoms with E-state index in [-0.39, 0.29) is 42.4 Å². The lowest BCUT2D eigenvalue weighted by Crippen LogP contribution is -2.36. The number of amides is 2. The van der Waals surface area contributed by atoms with E-state index in [2.05, 4.69) is 0 Å². The van der Waals surface area contributed by atoms with Crippen LogP contribution in [0.15, 0.2) is 18.2 Å². The van der Waals surface area contributed by atoms with E-state index in [1.165, 1.54) is 23.1 Å². The van der Waals surface area contributed by atoms with Crippen molar-refractivity contribution in [1.82, 2.24) is 4.90 Å². The van der Waals surface area contributed by atoms with Crippen LogP contribution in [0.5, 0.6) is 0 Å². The third-order valence-electron chi connectivity index (χ3n) is 4.38. The van der Waals surface area contributed by atoms with Gasteiger partial charge in [-0.3, -0.25) is 14.5 Å². The summed E-state index contributed by atoms with van der Waals surface area (Å²) in [5.41, 5.74) is 0.793. The fourth-order valence-electron chi connectivity index (χ4n) is 3.08.